The van der Waals surface area contributed by atoms with Gasteiger partial charge in [-0.05, 0) is 19.3 Å². The number of rotatable bonds is 6. The van der Waals surface area contributed by atoms with Crippen molar-refractivity contribution in [3.05, 3.63) is 12.7 Å². The Morgan fingerprint density at radius 1 is 1.75 bits per heavy atom. The number of allylic oxidation sites excluding steroid dienone is 1. The summed E-state index contributed by atoms with van der Waals surface area (Å²) in [4.78, 5) is 11.0. The molecule has 3 heteroatoms. The highest BCUT2D eigenvalue weighted by atomic mass is 35.5. The molecule has 0 saturated heterocycles. The van der Waals surface area contributed by atoms with Crippen molar-refractivity contribution in [2.45, 2.75) is 31.6 Å². The highest BCUT2D eigenvalue weighted by Crippen LogP contribution is 2.04. The summed E-state index contributed by atoms with van der Waals surface area (Å²) in [5, 5.41) is -0.492. The summed E-state index contributed by atoms with van der Waals surface area (Å²) >= 11 is 5.63. The van der Waals surface area contributed by atoms with E-state index < -0.39 is 5.38 Å². The lowest BCUT2D eigenvalue weighted by molar-refractivity contribution is -0.143. The van der Waals surface area contributed by atoms with Crippen LogP contribution in [-0.4, -0.2) is 18.0 Å². The predicted octanol–water partition coefficient (Wildman–Crippen LogP) is 2.51. The molecule has 0 rings (SSSR count). The third kappa shape index (κ3) is 5.19. The first kappa shape index (κ1) is 11.5. The van der Waals surface area contributed by atoms with Gasteiger partial charge >= 0.3 is 5.97 Å². The normalized spacial score (nSPS) is 12.2. The molecule has 0 spiro atoms. The fourth-order valence-corrected chi connectivity index (χ4v) is 0.721. The molecule has 0 radical (unpaired) electrons. The summed E-state index contributed by atoms with van der Waals surface area (Å²) < 4.78 is 4.88. The van der Waals surface area contributed by atoms with Crippen molar-refractivity contribution in [3.63, 3.8) is 0 Å². The van der Waals surface area contributed by atoms with E-state index in [1.807, 2.05) is 6.92 Å². The van der Waals surface area contributed by atoms with E-state index in [9.17, 15) is 4.79 Å². The smallest absolute Gasteiger partial charge is 0.324 e. The van der Waals surface area contributed by atoms with Crippen LogP contribution in [0.25, 0.3) is 0 Å². The molecule has 70 valence electrons. The van der Waals surface area contributed by atoms with Gasteiger partial charge < -0.3 is 4.74 Å². The molecule has 0 fully saturated rings. The molecule has 0 aromatic heterocycles. The minimum Gasteiger partial charge on any atom is -0.465 e. The maximum atomic E-state index is 11.0. The summed E-state index contributed by atoms with van der Waals surface area (Å²) in [6.45, 7) is 5.85. The van der Waals surface area contributed by atoms with Gasteiger partial charge in [0.1, 0.15) is 5.38 Å². The van der Waals surface area contributed by atoms with E-state index in [0.29, 0.717) is 13.0 Å². The lowest BCUT2D eigenvalue weighted by atomic mass is 10.3. The Bertz CT molecular complexity index is 145. The SMILES string of the molecule is C=CCCCOC(=O)C(Cl)CC. The van der Waals surface area contributed by atoms with Crippen LogP contribution in [-0.2, 0) is 9.53 Å². The number of esters is 1. The van der Waals surface area contributed by atoms with Gasteiger partial charge in [-0.1, -0.05) is 13.0 Å². The minimum atomic E-state index is -0.492. The first-order chi connectivity index (χ1) is 5.72. The molecule has 1 unspecified atom stereocenters. The number of hydrogen-bond acceptors (Lipinski definition) is 2. The quantitative estimate of drug-likeness (QED) is 0.279. The van der Waals surface area contributed by atoms with Crippen LogP contribution in [0.15, 0.2) is 12.7 Å². The zero-order chi connectivity index (χ0) is 9.40. The van der Waals surface area contributed by atoms with Crippen molar-refractivity contribution in [1.29, 1.82) is 0 Å². The largest absolute Gasteiger partial charge is 0.465 e. The van der Waals surface area contributed by atoms with Crippen LogP contribution >= 0.6 is 11.6 Å². The van der Waals surface area contributed by atoms with E-state index in [1.54, 1.807) is 6.08 Å². The van der Waals surface area contributed by atoms with Crippen LogP contribution in [0.2, 0.25) is 0 Å². The fraction of sp³-hybridized carbons (Fsp3) is 0.667. The van der Waals surface area contributed by atoms with Gasteiger partial charge in [-0.25, -0.2) is 0 Å². The van der Waals surface area contributed by atoms with Gasteiger partial charge in [-0.2, -0.15) is 0 Å². The van der Waals surface area contributed by atoms with Crippen LogP contribution in [0.5, 0.6) is 0 Å². The Morgan fingerprint density at radius 2 is 2.42 bits per heavy atom. The van der Waals surface area contributed by atoms with Crippen molar-refractivity contribution in [2.24, 2.45) is 0 Å². The number of carbonyl (C=O) groups excluding carboxylic acids is 1. The van der Waals surface area contributed by atoms with Gasteiger partial charge in [0.2, 0.25) is 0 Å². The molecule has 12 heavy (non-hydrogen) atoms. The van der Waals surface area contributed by atoms with Crippen LogP contribution in [0.3, 0.4) is 0 Å². The predicted molar refractivity (Wildman–Crippen MR) is 50.3 cm³/mol. The monoisotopic (exact) mass is 190 g/mol. The molecule has 0 amide bonds. The summed E-state index contributed by atoms with van der Waals surface area (Å²) in [7, 11) is 0. The van der Waals surface area contributed by atoms with E-state index >= 15 is 0 Å². The molecule has 0 saturated carbocycles. The van der Waals surface area contributed by atoms with Gasteiger partial charge in [0, 0.05) is 0 Å². The second-order valence-electron chi connectivity index (χ2n) is 2.47. The van der Waals surface area contributed by atoms with Gasteiger partial charge in [-0.3, -0.25) is 4.79 Å². The molecule has 0 bridgehead atoms. The summed E-state index contributed by atoms with van der Waals surface area (Å²) in [6, 6.07) is 0. The molecule has 0 aliphatic rings. The van der Waals surface area contributed by atoms with Crippen molar-refractivity contribution in [1.82, 2.24) is 0 Å². The van der Waals surface area contributed by atoms with Gasteiger partial charge in [0.05, 0.1) is 6.61 Å². The van der Waals surface area contributed by atoms with E-state index in [1.165, 1.54) is 0 Å². The Labute approximate surface area is 78.5 Å². The molecule has 1 atom stereocenters. The maximum Gasteiger partial charge on any atom is 0.324 e. The second-order valence-corrected chi connectivity index (χ2v) is 3.00. The van der Waals surface area contributed by atoms with Crippen molar-refractivity contribution in [3.8, 4) is 0 Å². The molecular weight excluding hydrogens is 176 g/mol. The maximum absolute atomic E-state index is 11.0. The Balaban J connectivity index is 3.37. The average molecular weight is 191 g/mol. The number of alkyl halides is 1. The Hall–Kier alpha value is -0.500. The number of ether oxygens (including phenoxy) is 1. The molecular formula is C9H15ClO2. The molecule has 0 aromatic carbocycles. The molecule has 0 aromatic rings. The fourth-order valence-electron chi connectivity index (χ4n) is 0.658. The van der Waals surface area contributed by atoms with Gasteiger partial charge in [0.25, 0.3) is 0 Å². The summed E-state index contributed by atoms with van der Waals surface area (Å²) in [5.41, 5.74) is 0. The van der Waals surface area contributed by atoms with E-state index in [-0.39, 0.29) is 5.97 Å². The first-order valence-electron chi connectivity index (χ1n) is 4.14. The number of hydrogen-bond donors (Lipinski definition) is 0. The third-order valence-electron chi connectivity index (χ3n) is 1.41. The van der Waals surface area contributed by atoms with Gasteiger partial charge in [-0.15, -0.1) is 18.2 Å². The zero-order valence-electron chi connectivity index (χ0n) is 7.38. The zero-order valence-corrected chi connectivity index (χ0v) is 8.14. The number of carbonyl (C=O) groups is 1. The lowest BCUT2D eigenvalue weighted by Gasteiger charge is -2.06. The van der Waals surface area contributed by atoms with E-state index in [4.69, 9.17) is 16.3 Å². The Morgan fingerprint density at radius 3 is 2.92 bits per heavy atom. The lowest BCUT2D eigenvalue weighted by Crippen LogP contribution is -2.17. The molecule has 0 aliphatic carbocycles. The molecule has 0 aliphatic heterocycles. The highest BCUT2D eigenvalue weighted by Gasteiger charge is 2.13. The van der Waals surface area contributed by atoms with Crippen LogP contribution < -0.4 is 0 Å². The van der Waals surface area contributed by atoms with Crippen molar-refractivity contribution >= 4 is 17.6 Å². The van der Waals surface area contributed by atoms with E-state index in [2.05, 4.69) is 6.58 Å². The summed E-state index contributed by atoms with van der Waals surface area (Å²) in [6.07, 6.45) is 4.10. The third-order valence-corrected chi connectivity index (χ3v) is 1.90. The van der Waals surface area contributed by atoms with Crippen LogP contribution in [0, 0.1) is 0 Å². The van der Waals surface area contributed by atoms with Crippen LogP contribution in [0.4, 0.5) is 0 Å². The first-order valence-corrected chi connectivity index (χ1v) is 4.57. The minimum absolute atomic E-state index is 0.316. The Kier molecular flexibility index (Phi) is 6.87. The number of unbranched alkanes of at least 4 members (excludes halogenated alkanes) is 1. The van der Waals surface area contributed by atoms with Crippen LogP contribution in [0.1, 0.15) is 26.2 Å². The standard InChI is InChI=1S/C9H15ClO2/c1-3-5-6-7-12-9(11)8(10)4-2/h3,8H,1,4-7H2,2H3. The molecule has 0 N–H and O–H groups in total. The van der Waals surface area contributed by atoms with E-state index in [0.717, 1.165) is 12.8 Å². The topological polar surface area (TPSA) is 26.3 Å². The second kappa shape index (κ2) is 7.17. The molecule has 2 nitrogen and oxygen atoms in total. The molecule has 0 heterocycles. The average Bonchev–Trinajstić information content (AvgIpc) is 2.10. The highest BCUT2D eigenvalue weighted by molar-refractivity contribution is 6.29. The van der Waals surface area contributed by atoms with Gasteiger partial charge in [0.15, 0.2) is 0 Å². The van der Waals surface area contributed by atoms with Crippen molar-refractivity contribution in [2.75, 3.05) is 6.61 Å². The van der Waals surface area contributed by atoms with Crippen molar-refractivity contribution < 1.29 is 9.53 Å². The summed E-state index contributed by atoms with van der Waals surface area (Å²) in [5.74, 6) is -0.316. The number of halogens is 1.